The summed E-state index contributed by atoms with van der Waals surface area (Å²) in [6.45, 7) is 13.2. The maximum absolute atomic E-state index is 15.4. The predicted octanol–water partition coefficient (Wildman–Crippen LogP) is 7.56. The summed E-state index contributed by atoms with van der Waals surface area (Å²) >= 11 is 0. The van der Waals surface area contributed by atoms with Gasteiger partial charge in [0.15, 0.2) is 0 Å². The van der Waals surface area contributed by atoms with Crippen LogP contribution in [0.2, 0.25) is 0 Å². The summed E-state index contributed by atoms with van der Waals surface area (Å²) in [6, 6.07) is 24.3. The first kappa shape index (κ1) is 40.3. The first-order valence-corrected chi connectivity index (χ1v) is 21.1. The maximum Gasteiger partial charge on any atom is 0.324 e. The number of nitrogens with zero attached hydrogens (tertiary/aromatic N) is 6. The van der Waals surface area contributed by atoms with Gasteiger partial charge in [0.05, 0.1) is 18.8 Å². The lowest BCUT2D eigenvalue weighted by Gasteiger charge is -2.41. The van der Waals surface area contributed by atoms with E-state index in [4.69, 9.17) is 4.74 Å². The van der Waals surface area contributed by atoms with Crippen molar-refractivity contribution in [2.45, 2.75) is 78.4 Å². The van der Waals surface area contributed by atoms with Crippen LogP contribution in [0, 0.1) is 6.92 Å². The van der Waals surface area contributed by atoms with Crippen molar-refractivity contribution in [3.8, 4) is 11.3 Å². The Morgan fingerprint density at radius 2 is 1.47 bits per heavy atom. The van der Waals surface area contributed by atoms with Crippen LogP contribution in [-0.2, 0) is 37.7 Å². The predicted molar refractivity (Wildman–Crippen MR) is 227 cm³/mol. The SMILES string of the molecule is CCCCN(CCCC)C(=O)c1cc(-c2cc3c(cc2C(=O)N2Cc4ccccc4C[C@H]2CN2CCOCC2)CN(C(=O)N(C)c2ccccc2)CC3)n(C)c1C. The van der Waals surface area contributed by atoms with Crippen LogP contribution in [-0.4, -0.2) is 108 Å². The highest BCUT2D eigenvalue weighted by atomic mass is 16.5. The lowest BCUT2D eigenvalue weighted by molar-refractivity contribution is 0.0193. The van der Waals surface area contributed by atoms with Crippen LogP contribution in [0.25, 0.3) is 11.3 Å². The van der Waals surface area contributed by atoms with E-state index in [9.17, 15) is 9.59 Å². The molecule has 4 amide bonds. The third-order valence-corrected chi connectivity index (χ3v) is 12.4. The fourth-order valence-electron chi connectivity index (χ4n) is 8.72. The first-order valence-electron chi connectivity index (χ1n) is 21.1. The van der Waals surface area contributed by atoms with Gasteiger partial charge in [-0.05, 0) is 85.2 Å². The molecule has 57 heavy (non-hydrogen) atoms. The number of hydrogen-bond acceptors (Lipinski definition) is 5. The second kappa shape index (κ2) is 18.1. The number of ether oxygens (including phenoxy) is 1. The standard InChI is InChI=1S/C47H60N6O4/c1-6-8-20-51(21-9-7-2)45(54)41-30-44(48(4)34(41)3)42-28-36-19-22-52(47(56)49(5)39-17-11-10-12-18-39)31-38(36)29-43(42)46(55)53-32-37-16-14-13-15-35(37)27-40(53)33-50-23-25-57-26-24-50/h10-18,28-30,40H,6-9,19-27,31-33H2,1-5H3/t40-/m0/s1. The summed E-state index contributed by atoms with van der Waals surface area (Å²) < 4.78 is 7.77. The van der Waals surface area contributed by atoms with E-state index in [0.29, 0.717) is 50.4 Å². The van der Waals surface area contributed by atoms with E-state index >= 15 is 4.79 Å². The molecule has 4 heterocycles. The Labute approximate surface area is 339 Å². The van der Waals surface area contributed by atoms with E-state index in [2.05, 4.69) is 64.6 Å². The quantitative estimate of drug-likeness (QED) is 0.149. The molecule has 0 aliphatic carbocycles. The van der Waals surface area contributed by atoms with E-state index in [1.165, 1.54) is 11.1 Å². The largest absolute Gasteiger partial charge is 0.379 e. The van der Waals surface area contributed by atoms with Gasteiger partial charge < -0.3 is 24.0 Å². The van der Waals surface area contributed by atoms with E-state index in [1.54, 1.807) is 4.90 Å². The lowest BCUT2D eigenvalue weighted by Crippen LogP contribution is -2.52. The highest BCUT2D eigenvalue weighted by Crippen LogP contribution is 2.36. The molecule has 0 N–H and O–H groups in total. The lowest BCUT2D eigenvalue weighted by atomic mass is 9.89. The number of unbranched alkanes of at least 4 members (excludes halogenated alkanes) is 2. The zero-order chi connectivity index (χ0) is 40.1. The molecule has 3 aliphatic heterocycles. The molecule has 0 saturated carbocycles. The zero-order valence-corrected chi connectivity index (χ0v) is 34.6. The number of hydrogen-bond donors (Lipinski definition) is 0. The van der Waals surface area contributed by atoms with Crippen molar-refractivity contribution in [1.29, 1.82) is 0 Å². The second-order valence-electron chi connectivity index (χ2n) is 16.1. The van der Waals surface area contributed by atoms with Crippen LogP contribution in [0.4, 0.5) is 10.5 Å². The second-order valence-corrected chi connectivity index (χ2v) is 16.1. The van der Waals surface area contributed by atoms with E-state index < -0.39 is 0 Å². The van der Waals surface area contributed by atoms with Crippen LogP contribution >= 0.6 is 0 Å². The number of amides is 4. The summed E-state index contributed by atoms with van der Waals surface area (Å²) in [5.74, 6) is 0.0293. The van der Waals surface area contributed by atoms with Gasteiger partial charge in [0.2, 0.25) is 0 Å². The molecule has 4 aromatic rings. The molecule has 10 nitrogen and oxygen atoms in total. The third-order valence-electron chi connectivity index (χ3n) is 12.4. The molecule has 0 bridgehead atoms. The molecular formula is C47H60N6O4. The molecule has 0 spiro atoms. The number of fused-ring (bicyclic) bond motifs is 2. The Morgan fingerprint density at radius 3 is 2.18 bits per heavy atom. The van der Waals surface area contributed by atoms with Crippen LogP contribution in [0.1, 0.15) is 88.2 Å². The van der Waals surface area contributed by atoms with Gasteiger partial charge in [0.25, 0.3) is 11.8 Å². The Bertz CT molecular complexity index is 2050. The molecule has 0 unspecified atom stereocenters. The minimum atomic E-state index is -0.0704. The van der Waals surface area contributed by atoms with Gasteiger partial charge in [-0.3, -0.25) is 19.4 Å². The molecule has 10 heteroatoms. The Kier molecular flexibility index (Phi) is 12.8. The highest BCUT2D eigenvalue weighted by Gasteiger charge is 2.35. The van der Waals surface area contributed by atoms with Crippen molar-refractivity contribution in [3.63, 3.8) is 0 Å². The molecule has 3 aliphatic rings. The van der Waals surface area contributed by atoms with Crippen molar-refractivity contribution >= 4 is 23.5 Å². The summed E-state index contributed by atoms with van der Waals surface area (Å²) in [5.41, 5.74) is 9.29. The molecule has 1 atom stereocenters. The highest BCUT2D eigenvalue weighted by molar-refractivity contribution is 6.03. The molecule has 1 fully saturated rings. The Morgan fingerprint density at radius 1 is 0.789 bits per heavy atom. The van der Waals surface area contributed by atoms with Crippen molar-refractivity contribution in [3.05, 3.63) is 112 Å². The van der Waals surface area contributed by atoms with Gasteiger partial charge in [0.1, 0.15) is 0 Å². The zero-order valence-electron chi connectivity index (χ0n) is 34.6. The van der Waals surface area contributed by atoms with Crippen LogP contribution in [0.5, 0.6) is 0 Å². The number of urea groups is 1. The number of carbonyl (C=O) groups excluding carboxylic acids is 3. The third kappa shape index (κ3) is 8.67. The van der Waals surface area contributed by atoms with E-state index in [0.717, 1.165) is 98.6 Å². The van der Waals surface area contributed by atoms with Gasteiger partial charge >= 0.3 is 6.03 Å². The first-order chi connectivity index (χ1) is 27.7. The van der Waals surface area contributed by atoms with Crippen molar-refractivity contribution in [2.24, 2.45) is 7.05 Å². The Hall–Kier alpha value is -4.93. The van der Waals surface area contributed by atoms with Gasteiger partial charge in [-0.25, -0.2) is 4.79 Å². The summed E-state index contributed by atoms with van der Waals surface area (Å²) in [6.07, 6.45) is 5.41. The molecule has 302 valence electrons. The topological polar surface area (TPSA) is 81.6 Å². The average Bonchev–Trinajstić information content (AvgIpc) is 3.55. The fraction of sp³-hybridized carbons (Fsp3) is 0.468. The summed E-state index contributed by atoms with van der Waals surface area (Å²) in [4.78, 5) is 53.7. The van der Waals surface area contributed by atoms with E-state index in [-0.39, 0.29) is 23.9 Å². The van der Waals surface area contributed by atoms with Gasteiger partial charge in [-0.2, -0.15) is 0 Å². The number of anilines is 1. The monoisotopic (exact) mass is 772 g/mol. The number of morpholine rings is 1. The van der Waals surface area contributed by atoms with Gasteiger partial charge in [0, 0.05) is 101 Å². The number of rotatable bonds is 12. The fourth-order valence-corrected chi connectivity index (χ4v) is 8.72. The molecular weight excluding hydrogens is 713 g/mol. The molecule has 1 aromatic heterocycles. The normalized spacial score (nSPS) is 16.9. The van der Waals surface area contributed by atoms with Crippen molar-refractivity contribution in [2.75, 3.05) is 64.4 Å². The molecule has 0 radical (unpaired) electrons. The number of carbonyl (C=O) groups is 3. The molecule has 3 aromatic carbocycles. The van der Waals surface area contributed by atoms with E-state index in [1.807, 2.05) is 67.2 Å². The van der Waals surface area contributed by atoms with Crippen LogP contribution in [0.15, 0.2) is 72.8 Å². The van der Waals surface area contributed by atoms with Gasteiger partial charge in [-0.15, -0.1) is 0 Å². The number of benzene rings is 3. The van der Waals surface area contributed by atoms with Crippen molar-refractivity contribution in [1.82, 2.24) is 24.2 Å². The van der Waals surface area contributed by atoms with Gasteiger partial charge in [-0.1, -0.05) is 69.2 Å². The smallest absolute Gasteiger partial charge is 0.324 e. The minimum Gasteiger partial charge on any atom is -0.379 e. The van der Waals surface area contributed by atoms with Crippen molar-refractivity contribution < 1.29 is 19.1 Å². The average molecular weight is 773 g/mol. The summed E-state index contributed by atoms with van der Waals surface area (Å²) in [7, 11) is 3.83. The minimum absolute atomic E-state index is 0.0232. The Balaban J connectivity index is 1.29. The summed E-state index contributed by atoms with van der Waals surface area (Å²) in [5, 5.41) is 0. The van der Waals surface area contributed by atoms with Crippen LogP contribution < -0.4 is 4.90 Å². The molecule has 1 saturated heterocycles. The number of aromatic nitrogens is 1. The number of para-hydroxylation sites is 1. The van der Waals surface area contributed by atoms with Crippen LogP contribution in [0.3, 0.4) is 0 Å². The maximum atomic E-state index is 15.4. The molecule has 7 rings (SSSR count).